The molecule has 0 radical (unpaired) electrons. The zero-order chi connectivity index (χ0) is 16.1. The van der Waals surface area contributed by atoms with Crippen molar-refractivity contribution >= 4 is 38.4 Å². The fraction of sp³-hybridized carbons (Fsp3) is 0.167. The summed E-state index contributed by atoms with van der Waals surface area (Å²) in [5.41, 5.74) is 9.43. The second-order valence-corrected chi connectivity index (χ2v) is 7.01. The van der Waals surface area contributed by atoms with Gasteiger partial charge in [0.05, 0.1) is 26.2 Å². The van der Waals surface area contributed by atoms with Crippen molar-refractivity contribution in [3.05, 3.63) is 46.9 Å². The molecule has 0 unspecified atom stereocenters. The summed E-state index contributed by atoms with van der Waals surface area (Å²) in [5.74, 6) is 7.49. The number of hydrogen-bond donors (Lipinski definition) is 2. The summed E-state index contributed by atoms with van der Waals surface area (Å²) in [4.78, 5) is 16.0. The molecule has 1 fully saturated rings. The first-order chi connectivity index (χ1) is 11.8. The minimum atomic E-state index is 0.439. The van der Waals surface area contributed by atoms with E-state index in [0.29, 0.717) is 17.4 Å². The molecule has 5 rings (SSSR count). The lowest BCUT2D eigenvalue weighted by molar-refractivity contribution is 1.10. The topological polar surface area (TPSA) is 80.5 Å². The van der Waals surface area contributed by atoms with Crippen molar-refractivity contribution in [1.82, 2.24) is 19.9 Å². The van der Waals surface area contributed by atoms with Crippen LogP contribution >= 0.6 is 11.3 Å². The Morgan fingerprint density at radius 1 is 1.21 bits per heavy atom. The summed E-state index contributed by atoms with van der Waals surface area (Å²) in [6.45, 7) is 0. The van der Waals surface area contributed by atoms with E-state index in [9.17, 15) is 0 Å². The number of nitrogens with one attached hydrogen (secondary N) is 1. The van der Waals surface area contributed by atoms with Crippen LogP contribution in [0.1, 0.15) is 34.9 Å². The van der Waals surface area contributed by atoms with E-state index < -0.39 is 0 Å². The van der Waals surface area contributed by atoms with Gasteiger partial charge >= 0.3 is 0 Å². The minimum Gasteiger partial charge on any atom is -0.383 e. The SMILES string of the molecule is Nc1ncnc2[nH]cc(C#Cc3ccc4sc(C5CC5)nc4c3)c12. The molecule has 3 heterocycles. The summed E-state index contributed by atoms with van der Waals surface area (Å²) in [7, 11) is 0. The van der Waals surface area contributed by atoms with Gasteiger partial charge in [0.2, 0.25) is 0 Å². The number of rotatable bonds is 1. The van der Waals surface area contributed by atoms with Crippen molar-refractivity contribution in [3.63, 3.8) is 0 Å². The van der Waals surface area contributed by atoms with Crippen LogP contribution in [-0.2, 0) is 0 Å². The van der Waals surface area contributed by atoms with Crippen molar-refractivity contribution in [1.29, 1.82) is 0 Å². The Bertz CT molecular complexity index is 1140. The number of hydrogen-bond acceptors (Lipinski definition) is 5. The highest BCUT2D eigenvalue weighted by Crippen LogP contribution is 2.43. The maximum absolute atomic E-state index is 5.93. The van der Waals surface area contributed by atoms with Crippen LogP contribution in [0.5, 0.6) is 0 Å². The second-order valence-electron chi connectivity index (χ2n) is 5.94. The molecule has 0 bridgehead atoms. The Morgan fingerprint density at radius 2 is 2.12 bits per heavy atom. The number of H-pyrrole nitrogens is 1. The largest absolute Gasteiger partial charge is 0.383 e. The normalized spacial score (nSPS) is 14.0. The molecule has 6 heteroatoms. The number of nitrogen functional groups attached to an aromatic ring is 1. The van der Waals surface area contributed by atoms with Crippen molar-refractivity contribution in [2.75, 3.05) is 5.73 Å². The number of aromatic nitrogens is 4. The molecule has 1 aromatic carbocycles. The summed E-state index contributed by atoms with van der Waals surface area (Å²) < 4.78 is 1.23. The van der Waals surface area contributed by atoms with Crippen LogP contribution in [0.3, 0.4) is 0 Å². The van der Waals surface area contributed by atoms with E-state index >= 15 is 0 Å². The number of nitrogens with zero attached hydrogens (tertiary/aromatic N) is 3. The van der Waals surface area contributed by atoms with Crippen LogP contribution in [0, 0.1) is 11.8 Å². The third-order valence-corrected chi connectivity index (χ3v) is 5.37. The Morgan fingerprint density at radius 3 is 3.00 bits per heavy atom. The van der Waals surface area contributed by atoms with Crippen LogP contribution in [0.25, 0.3) is 21.3 Å². The van der Waals surface area contributed by atoms with Crippen LogP contribution in [0.4, 0.5) is 5.82 Å². The molecule has 0 saturated heterocycles. The Kier molecular flexibility index (Phi) is 2.84. The molecule has 0 amide bonds. The van der Waals surface area contributed by atoms with E-state index in [1.165, 1.54) is 28.9 Å². The molecule has 4 aromatic rings. The van der Waals surface area contributed by atoms with Crippen molar-refractivity contribution in [2.45, 2.75) is 18.8 Å². The van der Waals surface area contributed by atoms with E-state index in [1.807, 2.05) is 12.3 Å². The molecular formula is C18H13N5S. The predicted molar refractivity (Wildman–Crippen MR) is 95.9 cm³/mol. The maximum atomic E-state index is 5.93. The molecule has 24 heavy (non-hydrogen) atoms. The van der Waals surface area contributed by atoms with Gasteiger partial charge in [-0.1, -0.05) is 11.8 Å². The summed E-state index contributed by atoms with van der Waals surface area (Å²) in [6, 6.07) is 6.20. The lowest BCUT2D eigenvalue weighted by atomic mass is 10.2. The highest BCUT2D eigenvalue weighted by atomic mass is 32.1. The number of aromatic amines is 1. The van der Waals surface area contributed by atoms with Gasteiger partial charge in [-0.05, 0) is 31.0 Å². The fourth-order valence-electron chi connectivity index (χ4n) is 2.75. The molecule has 3 aromatic heterocycles. The highest BCUT2D eigenvalue weighted by molar-refractivity contribution is 7.18. The van der Waals surface area contributed by atoms with Crippen molar-refractivity contribution in [2.24, 2.45) is 0 Å². The van der Waals surface area contributed by atoms with Gasteiger partial charge in [-0.15, -0.1) is 11.3 Å². The van der Waals surface area contributed by atoms with Gasteiger partial charge in [0.1, 0.15) is 17.8 Å². The first kappa shape index (κ1) is 13.5. The summed E-state index contributed by atoms with van der Waals surface area (Å²) in [5, 5.41) is 2.03. The number of benzene rings is 1. The molecular weight excluding hydrogens is 318 g/mol. The lowest BCUT2D eigenvalue weighted by Gasteiger charge is -1.94. The average molecular weight is 331 g/mol. The van der Waals surface area contributed by atoms with E-state index in [0.717, 1.165) is 22.0 Å². The average Bonchev–Trinajstić information content (AvgIpc) is 3.22. The summed E-state index contributed by atoms with van der Waals surface area (Å²) in [6.07, 6.45) is 5.81. The quantitative estimate of drug-likeness (QED) is 0.524. The Labute approximate surface area is 142 Å². The molecule has 3 N–H and O–H groups in total. The smallest absolute Gasteiger partial charge is 0.144 e. The number of thiazole rings is 1. The zero-order valence-corrected chi connectivity index (χ0v) is 13.5. The molecule has 116 valence electrons. The van der Waals surface area contributed by atoms with E-state index in [1.54, 1.807) is 11.3 Å². The third kappa shape index (κ3) is 2.22. The molecule has 0 atom stereocenters. The van der Waals surface area contributed by atoms with Gasteiger partial charge in [0, 0.05) is 17.7 Å². The number of fused-ring (bicyclic) bond motifs is 2. The molecule has 1 aliphatic carbocycles. The van der Waals surface area contributed by atoms with Gasteiger partial charge in [-0.25, -0.2) is 15.0 Å². The molecule has 5 nitrogen and oxygen atoms in total. The molecule has 1 saturated carbocycles. The maximum Gasteiger partial charge on any atom is 0.144 e. The van der Waals surface area contributed by atoms with Gasteiger partial charge in [0.25, 0.3) is 0 Å². The van der Waals surface area contributed by atoms with Crippen molar-refractivity contribution < 1.29 is 0 Å². The van der Waals surface area contributed by atoms with E-state index in [2.05, 4.69) is 38.9 Å². The first-order valence-electron chi connectivity index (χ1n) is 7.78. The third-order valence-electron chi connectivity index (χ3n) is 4.17. The van der Waals surface area contributed by atoms with Crippen molar-refractivity contribution in [3.8, 4) is 11.8 Å². The fourth-order valence-corrected chi connectivity index (χ4v) is 3.87. The molecule has 0 spiro atoms. The lowest BCUT2D eigenvalue weighted by Crippen LogP contribution is -1.92. The minimum absolute atomic E-state index is 0.439. The highest BCUT2D eigenvalue weighted by Gasteiger charge is 2.26. The second kappa shape index (κ2) is 5.05. The number of anilines is 1. The Hall–Kier alpha value is -2.91. The summed E-state index contributed by atoms with van der Waals surface area (Å²) >= 11 is 1.80. The molecule has 0 aliphatic heterocycles. The van der Waals surface area contributed by atoms with Crippen LogP contribution in [0.15, 0.2) is 30.7 Å². The van der Waals surface area contributed by atoms with E-state index in [4.69, 9.17) is 10.7 Å². The van der Waals surface area contributed by atoms with Gasteiger partial charge in [0.15, 0.2) is 0 Å². The molecule has 1 aliphatic rings. The van der Waals surface area contributed by atoms with Crippen LogP contribution < -0.4 is 5.73 Å². The Balaban J connectivity index is 1.55. The first-order valence-corrected chi connectivity index (χ1v) is 8.59. The van der Waals surface area contributed by atoms with E-state index in [-0.39, 0.29) is 0 Å². The van der Waals surface area contributed by atoms with Gasteiger partial charge in [-0.2, -0.15) is 0 Å². The van der Waals surface area contributed by atoms with Crippen LogP contribution in [0.2, 0.25) is 0 Å². The standard InChI is InChI=1S/C18H13N5S/c19-16-15-12(8-20-17(15)22-9-21-16)3-1-10-2-6-14-13(7-10)23-18(24-14)11-4-5-11/h2,6-9,11H,4-5H2,(H3,19,20,21,22). The predicted octanol–water partition coefficient (Wildman–Crippen LogP) is 3.43. The monoisotopic (exact) mass is 331 g/mol. The van der Waals surface area contributed by atoms with Crippen LogP contribution in [-0.4, -0.2) is 19.9 Å². The zero-order valence-electron chi connectivity index (χ0n) is 12.7. The van der Waals surface area contributed by atoms with Gasteiger partial charge < -0.3 is 10.7 Å². The number of nitrogens with two attached hydrogens (primary N) is 1. The van der Waals surface area contributed by atoms with Gasteiger partial charge in [-0.3, -0.25) is 0 Å².